The summed E-state index contributed by atoms with van der Waals surface area (Å²) in [6.07, 6.45) is -5.01. The number of fused-ring (bicyclic) bond motifs is 1. The molecule has 0 unspecified atom stereocenters. The molecule has 1 aromatic heterocycles. The minimum Gasteiger partial charge on any atom is -0.507 e. The second-order valence-electron chi connectivity index (χ2n) is 7.99. The van der Waals surface area contributed by atoms with Crippen molar-refractivity contribution in [3.05, 3.63) is 57.9 Å². The van der Waals surface area contributed by atoms with E-state index in [4.69, 9.17) is 13.9 Å². The first kappa shape index (κ1) is 23.9. The summed E-state index contributed by atoms with van der Waals surface area (Å²) < 4.78 is 57.8. The molecule has 1 fully saturated rings. The predicted molar refractivity (Wildman–Crippen MR) is 120 cm³/mol. The quantitative estimate of drug-likeness (QED) is 0.561. The molecule has 2 aromatic carbocycles. The molecule has 3 aromatic rings. The molecule has 0 atom stereocenters. The number of hydrogen-bond donors (Lipinski definition) is 1. The number of rotatable bonds is 6. The van der Waals surface area contributed by atoms with Gasteiger partial charge in [-0.1, -0.05) is 19.1 Å². The molecule has 10 heteroatoms. The fourth-order valence-corrected chi connectivity index (χ4v) is 4.02. The highest BCUT2D eigenvalue weighted by molar-refractivity contribution is 5.83. The van der Waals surface area contributed by atoms with Gasteiger partial charge < -0.3 is 23.9 Å². The smallest absolute Gasteiger partial charge is 0.453 e. The number of nitrogens with zero attached hydrogens (tertiary/aromatic N) is 2. The first-order valence-electron chi connectivity index (χ1n) is 10.9. The third kappa shape index (κ3) is 4.69. The van der Waals surface area contributed by atoms with Crippen LogP contribution in [0, 0.1) is 0 Å². The van der Waals surface area contributed by atoms with Crippen LogP contribution in [0.1, 0.15) is 18.2 Å². The molecule has 1 aliphatic rings. The molecule has 7 nitrogen and oxygen atoms in total. The van der Waals surface area contributed by atoms with Crippen molar-refractivity contribution < 1.29 is 32.2 Å². The summed E-state index contributed by atoms with van der Waals surface area (Å²) in [5.74, 6) is -2.70. The molecule has 1 saturated heterocycles. The maximum atomic E-state index is 14.0. The fraction of sp³-hybridized carbons (Fsp3) is 0.375. The normalized spacial score (nSPS) is 15.6. The van der Waals surface area contributed by atoms with Gasteiger partial charge in [-0.2, -0.15) is 13.2 Å². The van der Waals surface area contributed by atoms with Crippen LogP contribution in [0.15, 0.2) is 45.6 Å². The van der Waals surface area contributed by atoms with E-state index in [9.17, 15) is 23.1 Å². The first-order valence-corrected chi connectivity index (χ1v) is 10.9. The van der Waals surface area contributed by atoms with E-state index in [0.717, 1.165) is 19.6 Å². The number of phenols is 1. The highest BCUT2D eigenvalue weighted by atomic mass is 19.4. The highest BCUT2D eigenvalue weighted by Crippen LogP contribution is 2.41. The molecule has 4 rings (SSSR count). The van der Waals surface area contributed by atoms with Gasteiger partial charge in [0.15, 0.2) is 11.5 Å². The molecule has 34 heavy (non-hydrogen) atoms. The van der Waals surface area contributed by atoms with E-state index in [1.807, 2.05) is 4.90 Å². The first-order chi connectivity index (χ1) is 16.2. The Bertz CT molecular complexity index is 1230. The Balaban J connectivity index is 1.82. The van der Waals surface area contributed by atoms with Crippen LogP contribution in [0.5, 0.6) is 23.0 Å². The summed E-state index contributed by atoms with van der Waals surface area (Å²) in [6, 6.07) is 8.58. The van der Waals surface area contributed by atoms with Crippen LogP contribution in [0.25, 0.3) is 11.0 Å². The lowest BCUT2D eigenvalue weighted by Gasteiger charge is -2.34. The minimum absolute atomic E-state index is 0.0602. The second kappa shape index (κ2) is 9.55. The van der Waals surface area contributed by atoms with Gasteiger partial charge in [0.2, 0.25) is 11.2 Å². The predicted octanol–water partition coefficient (Wildman–Crippen LogP) is 4.46. The number of halogens is 3. The SMILES string of the molecule is CCN1CCN(Cc2c(O)ccc3c(=O)c(Oc4ccccc4OC)c(C(F)(F)F)oc23)CC1. The largest absolute Gasteiger partial charge is 0.507 e. The Morgan fingerprint density at radius 1 is 1.03 bits per heavy atom. The molecule has 1 aliphatic heterocycles. The maximum Gasteiger partial charge on any atom is 0.453 e. The van der Waals surface area contributed by atoms with Crippen LogP contribution in [-0.2, 0) is 12.7 Å². The Morgan fingerprint density at radius 3 is 2.29 bits per heavy atom. The lowest BCUT2D eigenvalue weighted by Crippen LogP contribution is -2.45. The van der Waals surface area contributed by atoms with Gasteiger partial charge in [-0.15, -0.1) is 0 Å². The molecule has 0 spiro atoms. The lowest BCUT2D eigenvalue weighted by molar-refractivity contribution is -0.154. The number of ether oxygens (including phenoxy) is 2. The van der Waals surface area contributed by atoms with Crippen molar-refractivity contribution in [2.45, 2.75) is 19.6 Å². The summed E-state index contributed by atoms with van der Waals surface area (Å²) >= 11 is 0. The van der Waals surface area contributed by atoms with Crippen molar-refractivity contribution in [1.29, 1.82) is 0 Å². The third-order valence-corrected chi connectivity index (χ3v) is 5.93. The molecular formula is C24H25F3N2O5. The number of para-hydroxylation sites is 2. The molecule has 0 bridgehead atoms. The number of hydrogen-bond acceptors (Lipinski definition) is 7. The highest BCUT2D eigenvalue weighted by Gasteiger charge is 2.41. The second-order valence-corrected chi connectivity index (χ2v) is 7.99. The van der Waals surface area contributed by atoms with E-state index in [0.29, 0.717) is 13.1 Å². The number of benzene rings is 2. The molecule has 1 N–H and O–H groups in total. The number of likely N-dealkylation sites (N-methyl/N-ethyl adjacent to an activating group) is 1. The van der Waals surface area contributed by atoms with Crippen molar-refractivity contribution in [3.8, 4) is 23.0 Å². The Labute approximate surface area is 193 Å². The van der Waals surface area contributed by atoms with Crippen LogP contribution >= 0.6 is 0 Å². The van der Waals surface area contributed by atoms with Crippen LogP contribution in [0.3, 0.4) is 0 Å². The van der Waals surface area contributed by atoms with Gasteiger partial charge in [0.1, 0.15) is 11.3 Å². The number of phenolic OH excluding ortho intramolecular Hbond substituents is 1. The van der Waals surface area contributed by atoms with Crippen molar-refractivity contribution in [3.63, 3.8) is 0 Å². The number of piperazine rings is 1. The number of aromatic hydroxyl groups is 1. The Kier molecular flexibility index (Phi) is 6.72. The molecule has 0 saturated carbocycles. The average molecular weight is 478 g/mol. The molecule has 182 valence electrons. The van der Waals surface area contributed by atoms with E-state index in [2.05, 4.69) is 11.8 Å². The summed E-state index contributed by atoms with van der Waals surface area (Å²) in [4.78, 5) is 17.5. The van der Waals surface area contributed by atoms with Crippen LogP contribution < -0.4 is 14.9 Å². The zero-order valence-electron chi connectivity index (χ0n) is 18.8. The van der Waals surface area contributed by atoms with Crippen molar-refractivity contribution in [1.82, 2.24) is 9.80 Å². The lowest BCUT2D eigenvalue weighted by atomic mass is 10.1. The molecular weight excluding hydrogens is 453 g/mol. The van der Waals surface area contributed by atoms with Crippen molar-refractivity contribution in [2.75, 3.05) is 39.8 Å². The van der Waals surface area contributed by atoms with E-state index in [1.165, 1.54) is 31.4 Å². The van der Waals surface area contributed by atoms with E-state index >= 15 is 0 Å². The molecule has 0 radical (unpaired) electrons. The van der Waals surface area contributed by atoms with Gasteiger partial charge in [-0.05, 0) is 30.8 Å². The number of methoxy groups -OCH3 is 1. The fourth-order valence-electron chi connectivity index (χ4n) is 4.02. The zero-order valence-corrected chi connectivity index (χ0v) is 18.8. The summed E-state index contributed by atoms with van der Waals surface area (Å²) in [6.45, 7) is 6.07. The topological polar surface area (TPSA) is 75.4 Å². The van der Waals surface area contributed by atoms with Gasteiger partial charge in [0.25, 0.3) is 5.76 Å². The van der Waals surface area contributed by atoms with Crippen molar-refractivity contribution in [2.24, 2.45) is 0 Å². The van der Waals surface area contributed by atoms with Gasteiger partial charge in [0, 0.05) is 32.7 Å². The standard InChI is InChI=1S/C24H25F3N2O5/c1-3-28-10-12-29(13-11-28)14-16-17(30)9-8-15-20(31)22(23(24(25,26)27)34-21(15)16)33-19-7-5-4-6-18(19)32-2/h4-9,30H,3,10-14H2,1-2H3. The third-order valence-electron chi connectivity index (χ3n) is 5.93. The van der Waals surface area contributed by atoms with Gasteiger partial charge in [0.05, 0.1) is 18.1 Å². The van der Waals surface area contributed by atoms with E-state index < -0.39 is 23.1 Å². The molecule has 2 heterocycles. The Morgan fingerprint density at radius 2 is 1.68 bits per heavy atom. The zero-order chi connectivity index (χ0) is 24.5. The molecule has 0 amide bonds. The van der Waals surface area contributed by atoms with Crippen LogP contribution in [0.4, 0.5) is 13.2 Å². The summed E-state index contributed by atoms with van der Waals surface area (Å²) in [5.41, 5.74) is -1.16. The summed E-state index contributed by atoms with van der Waals surface area (Å²) in [5, 5.41) is 10.4. The average Bonchev–Trinajstić information content (AvgIpc) is 2.82. The molecule has 0 aliphatic carbocycles. The summed E-state index contributed by atoms with van der Waals surface area (Å²) in [7, 11) is 1.34. The van der Waals surface area contributed by atoms with Crippen molar-refractivity contribution >= 4 is 11.0 Å². The van der Waals surface area contributed by atoms with Gasteiger partial charge >= 0.3 is 6.18 Å². The van der Waals surface area contributed by atoms with Crippen LogP contribution in [0.2, 0.25) is 0 Å². The number of alkyl halides is 3. The van der Waals surface area contributed by atoms with E-state index in [-0.39, 0.29) is 40.3 Å². The maximum absolute atomic E-state index is 14.0. The van der Waals surface area contributed by atoms with Crippen LogP contribution in [-0.4, -0.2) is 54.7 Å². The minimum atomic E-state index is -5.01. The monoisotopic (exact) mass is 478 g/mol. The van der Waals surface area contributed by atoms with E-state index in [1.54, 1.807) is 12.1 Å². The van der Waals surface area contributed by atoms with Gasteiger partial charge in [-0.25, -0.2) is 0 Å². The van der Waals surface area contributed by atoms with Gasteiger partial charge in [-0.3, -0.25) is 9.69 Å². The Hall–Kier alpha value is -3.24.